The van der Waals surface area contributed by atoms with E-state index in [1.165, 1.54) is 6.21 Å². The summed E-state index contributed by atoms with van der Waals surface area (Å²) in [6.07, 6.45) is 1.53. The Morgan fingerprint density at radius 3 is 2.58 bits per heavy atom. The monoisotopic (exact) mass is 421 g/mol. The van der Waals surface area contributed by atoms with Gasteiger partial charge in [0.1, 0.15) is 5.75 Å². The third-order valence-electron chi connectivity index (χ3n) is 2.31. The summed E-state index contributed by atoms with van der Waals surface area (Å²) in [6.45, 7) is 0. The van der Waals surface area contributed by atoms with Crippen molar-refractivity contribution in [3.8, 4) is 5.75 Å². The molecule has 0 aliphatic rings. The zero-order chi connectivity index (χ0) is 14.0. The van der Waals surface area contributed by atoms with E-state index in [0.717, 1.165) is 4.47 Å². The van der Waals surface area contributed by atoms with Gasteiger partial charge in [-0.15, -0.1) is 0 Å². The SMILES string of the molecule is Oc1c(Br)cc(Br)cc1C=Nc1cc(Cl)ccc1Cl. The fourth-order valence-electron chi connectivity index (χ4n) is 1.41. The van der Waals surface area contributed by atoms with Crippen molar-refractivity contribution in [2.24, 2.45) is 4.99 Å². The standard InChI is InChI=1S/C13H7Br2Cl2NO/c14-8-3-7(13(19)10(15)4-8)6-18-12-5-9(16)1-2-11(12)17/h1-6,19H. The van der Waals surface area contributed by atoms with Crippen molar-refractivity contribution in [3.63, 3.8) is 0 Å². The van der Waals surface area contributed by atoms with Crippen LogP contribution in [0.5, 0.6) is 5.75 Å². The van der Waals surface area contributed by atoms with Crippen LogP contribution in [0.1, 0.15) is 5.56 Å². The summed E-state index contributed by atoms with van der Waals surface area (Å²) in [5.74, 6) is 0.116. The Balaban J connectivity index is 2.40. The molecule has 0 atom stereocenters. The van der Waals surface area contributed by atoms with Gasteiger partial charge in [-0.05, 0) is 46.3 Å². The molecule has 0 heterocycles. The van der Waals surface area contributed by atoms with Crippen LogP contribution in [-0.2, 0) is 0 Å². The lowest BCUT2D eigenvalue weighted by molar-refractivity contribution is 0.471. The molecular weight excluding hydrogens is 417 g/mol. The summed E-state index contributed by atoms with van der Waals surface area (Å²) in [7, 11) is 0. The van der Waals surface area contributed by atoms with Crippen LogP contribution in [0.25, 0.3) is 0 Å². The quantitative estimate of drug-likeness (QED) is 0.592. The molecule has 0 radical (unpaired) electrons. The highest BCUT2D eigenvalue weighted by atomic mass is 79.9. The highest BCUT2D eigenvalue weighted by Gasteiger charge is 2.06. The summed E-state index contributed by atoms with van der Waals surface area (Å²) in [4.78, 5) is 4.24. The Bertz CT molecular complexity index is 659. The number of phenols is 1. The predicted octanol–water partition coefficient (Wildman–Crippen LogP) is 5.97. The van der Waals surface area contributed by atoms with Crippen LogP contribution in [0.3, 0.4) is 0 Å². The number of aromatic hydroxyl groups is 1. The number of halogens is 4. The molecule has 0 aliphatic heterocycles. The van der Waals surface area contributed by atoms with Gasteiger partial charge in [-0.25, -0.2) is 0 Å². The smallest absolute Gasteiger partial charge is 0.138 e. The van der Waals surface area contributed by atoms with Crippen molar-refractivity contribution in [3.05, 3.63) is 54.9 Å². The van der Waals surface area contributed by atoms with Gasteiger partial charge in [0.2, 0.25) is 0 Å². The zero-order valence-corrected chi connectivity index (χ0v) is 14.1. The van der Waals surface area contributed by atoms with Crippen molar-refractivity contribution in [1.29, 1.82) is 0 Å². The van der Waals surface area contributed by atoms with Crippen molar-refractivity contribution in [2.45, 2.75) is 0 Å². The van der Waals surface area contributed by atoms with E-state index in [1.54, 1.807) is 30.3 Å². The molecule has 6 heteroatoms. The molecule has 0 aliphatic carbocycles. The zero-order valence-electron chi connectivity index (χ0n) is 9.37. The Hall–Kier alpha value is -0.550. The molecule has 0 saturated heterocycles. The molecule has 1 N–H and O–H groups in total. The lowest BCUT2D eigenvalue weighted by Gasteiger charge is -2.03. The van der Waals surface area contributed by atoms with Crippen molar-refractivity contribution in [1.82, 2.24) is 0 Å². The van der Waals surface area contributed by atoms with E-state index < -0.39 is 0 Å². The molecule has 0 bridgehead atoms. The van der Waals surface area contributed by atoms with E-state index in [0.29, 0.717) is 25.8 Å². The van der Waals surface area contributed by atoms with E-state index in [1.807, 2.05) is 0 Å². The summed E-state index contributed by atoms with van der Waals surface area (Å²) in [5, 5.41) is 11.0. The van der Waals surface area contributed by atoms with E-state index in [-0.39, 0.29) is 5.75 Å². The van der Waals surface area contributed by atoms with Crippen LogP contribution < -0.4 is 0 Å². The normalized spacial score (nSPS) is 11.2. The average Bonchev–Trinajstić information content (AvgIpc) is 2.35. The molecule has 0 unspecified atom stereocenters. The molecule has 0 fully saturated rings. The molecular formula is C13H7Br2Cl2NO. The number of rotatable bonds is 2. The Labute approximate surface area is 137 Å². The van der Waals surface area contributed by atoms with E-state index in [9.17, 15) is 5.11 Å². The summed E-state index contributed by atoms with van der Waals surface area (Å²) >= 11 is 18.5. The van der Waals surface area contributed by atoms with Crippen LogP contribution >= 0.6 is 55.1 Å². The minimum absolute atomic E-state index is 0.116. The van der Waals surface area contributed by atoms with Crippen molar-refractivity contribution >= 4 is 67.0 Å². The molecule has 2 aromatic rings. The first kappa shape index (κ1) is 14.9. The second-order valence-corrected chi connectivity index (χ2v) is 6.29. The van der Waals surface area contributed by atoms with Gasteiger partial charge in [0.25, 0.3) is 0 Å². The Kier molecular flexibility index (Phi) is 4.90. The maximum atomic E-state index is 9.91. The number of nitrogens with zero attached hydrogens (tertiary/aromatic N) is 1. The summed E-state index contributed by atoms with van der Waals surface area (Å²) in [5.41, 5.74) is 1.11. The third-order valence-corrected chi connectivity index (χ3v) is 3.93. The number of hydrogen-bond donors (Lipinski definition) is 1. The molecule has 19 heavy (non-hydrogen) atoms. The number of phenolic OH excluding ortho intramolecular Hbond substituents is 1. The number of benzene rings is 2. The molecule has 0 spiro atoms. The van der Waals surface area contributed by atoms with Gasteiger partial charge in [-0.3, -0.25) is 4.99 Å². The highest BCUT2D eigenvalue weighted by Crippen LogP contribution is 2.32. The minimum Gasteiger partial charge on any atom is -0.506 e. The first-order valence-electron chi connectivity index (χ1n) is 5.14. The lowest BCUT2D eigenvalue weighted by Crippen LogP contribution is -1.84. The minimum atomic E-state index is 0.116. The van der Waals surface area contributed by atoms with Crippen LogP contribution in [0, 0.1) is 0 Å². The maximum Gasteiger partial charge on any atom is 0.138 e. The van der Waals surface area contributed by atoms with E-state index >= 15 is 0 Å². The average molecular weight is 424 g/mol. The predicted molar refractivity (Wildman–Crippen MR) is 87.2 cm³/mol. The van der Waals surface area contributed by atoms with E-state index in [2.05, 4.69) is 36.9 Å². The molecule has 98 valence electrons. The van der Waals surface area contributed by atoms with Gasteiger partial charge in [-0.1, -0.05) is 39.1 Å². The second kappa shape index (κ2) is 6.27. The Morgan fingerprint density at radius 1 is 1.11 bits per heavy atom. The van der Waals surface area contributed by atoms with Gasteiger partial charge < -0.3 is 5.11 Å². The number of hydrogen-bond acceptors (Lipinski definition) is 2. The highest BCUT2D eigenvalue weighted by molar-refractivity contribution is 9.11. The molecule has 0 aromatic heterocycles. The molecule has 0 amide bonds. The Morgan fingerprint density at radius 2 is 1.84 bits per heavy atom. The molecule has 2 nitrogen and oxygen atoms in total. The van der Waals surface area contributed by atoms with Crippen molar-refractivity contribution in [2.75, 3.05) is 0 Å². The molecule has 2 rings (SSSR count). The second-order valence-electron chi connectivity index (χ2n) is 3.68. The van der Waals surface area contributed by atoms with Gasteiger partial charge in [-0.2, -0.15) is 0 Å². The number of aliphatic imine (C=N–C) groups is 1. The van der Waals surface area contributed by atoms with Gasteiger partial charge in [0.15, 0.2) is 0 Å². The van der Waals surface area contributed by atoms with Crippen LogP contribution in [0.4, 0.5) is 5.69 Å². The topological polar surface area (TPSA) is 32.6 Å². The molecule has 2 aromatic carbocycles. The lowest BCUT2D eigenvalue weighted by atomic mass is 10.2. The van der Waals surface area contributed by atoms with Crippen LogP contribution in [0.15, 0.2) is 44.3 Å². The van der Waals surface area contributed by atoms with Crippen molar-refractivity contribution < 1.29 is 5.11 Å². The van der Waals surface area contributed by atoms with Gasteiger partial charge >= 0.3 is 0 Å². The first-order valence-corrected chi connectivity index (χ1v) is 7.48. The fraction of sp³-hybridized carbons (Fsp3) is 0. The van der Waals surface area contributed by atoms with Crippen LogP contribution in [-0.4, -0.2) is 11.3 Å². The largest absolute Gasteiger partial charge is 0.506 e. The first-order chi connectivity index (χ1) is 8.97. The van der Waals surface area contributed by atoms with Crippen LogP contribution in [0.2, 0.25) is 10.0 Å². The van der Waals surface area contributed by atoms with Gasteiger partial charge in [0.05, 0.1) is 15.2 Å². The fourth-order valence-corrected chi connectivity index (χ4v) is 3.00. The van der Waals surface area contributed by atoms with E-state index in [4.69, 9.17) is 23.2 Å². The van der Waals surface area contributed by atoms with Gasteiger partial charge in [0, 0.05) is 21.3 Å². The maximum absolute atomic E-state index is 9.91. The summed E-state index contributed by atoms with van der Waals surface area (Å²) in [6, 6.07) is 8.52. The summed E-state index contributed by atoms with van der Waals surface area (Å²) < 4.78 is 1.41. The third kappa shape index (κ3) is 3.72. The molecule has 0 saturated carbocycles.